The van der Waals surface area contributed by atoms with E-state index in [-0.39, 0.29) is 23.8 Å². The van der Waals surface area contributed by atoms with E-state index in [1.54, 1.807) is 6.92 Å². The maximum absolute atomic E-state index is 10.6. The smallest absolute Gasteiger partial charge is 0.390 e. The second-order valence-corrected chi connectivity index (χ2v) is 3.54. The second kappa shape index (κ2) is 4.28. The lowest BCUT2D eigenvalue weighted by Gasteiger charge is -1.93. The van der Waals surface area contributed by atoms with Gasteiger partial charge in [0, 0.05) is 6.07 Å². The molecule has 9 heteroatoms. The number of rotatable bonds is 4. The van der Waals surface area contributed by atoms with Crippen LogP contribution in [0.25, 0.3) is 0 Å². The minimum Gasteiger partial charge on any atom is -0.476 e. The lowest BCUT2D eigenvalue weighted by Crippen LogP contribution is -2.03. The molecule has 0 aliphatic carbocycles. The summed E-state index contributed by atoms with van der Waals surface area (Å²) < 4.78 is 6.13. The Morgan fingerprint density at radius 2 is 2.33 bits per heavy atom. The first-order valence-electron chi connectivity index (χ1n) is 4.85. The minimum atomic E-state index is -1.20. The lowest BCUT2D eigenvalue weighted by molar-refractivity contribution is -0.389. The van der Waals surface area contributed by atoms with Crippen molar-refractivity contribution >= 4 is 11.8 Å². The zero-order valence-electron chi connectivity index (χ0n) is 9.23. The molecule has 0 saturated heterocycles. The summed E-state index contributed by atoms with van der Waals surface area (Å²) in [4.78, 5) is 20.5. The number of aryl methyl sites for hydroxylation is 1. The van der Waals surface area contributed by atoms with Crippen molar-refractivity contribution in [1.29, 1.82) is 0 Å². The molecule has 2 aromatic heterocycles. The molecule has 0 amide bonds. The van der Waals surface area contributed by atoms with Gasteiger partial charge in [0.1, 0.15) is 6.54 Å². The largest absolute Gasteiger partial charge is 0.476 e. The molecule has 0 spiro atoms. The first kappa shape index (κ1) is 11.8. The van der Waals surface area contributed by atoms with E-state index in [0.717, 1.165) is 0 Å². The number of aromatic nitrogens is 3. The molecule has 9 nitrogen and oxygen atoms in total. The maximum atomic E-state index is 10.6. The van der Waals surface area contributed by atoms with Gasteiger partial charge in [-0.1, -0.05) is 5.16 Å². The van der Waals surface area contributed by atoms with Gasteiger partial charge in [0.25, 0.3) is 0 Å². The quantitative estimate of drug-likeness (QED) is 0.631. The summed E-state index contributed by atoms with van der Waals surface area (Å²) in [6.07, 6.45) is 0. The molecule has 2 aromatic rings. The lowest BCUT2D eigenvalue weighted by atomic mass is 10.3. The Morgan fingerprint density at radius 1 is 1.61 bits per heavy atom. The Labute approximate surface area is 99.8 Å². The average molecular weight is 252 g/mol. The topological polar surface area (TPSA) is 124 Å². The standard InChI is InChI=1S/C9H8N4O5/c1-5-2-8(13(16)17)10-12(5)4-6-3-7(9(14)15)11-18-6/h2-3H,4H2,1H3,(H,14,15). The van der Waals surface area contributed by atoms with Gasteiger partial charge < -0.3 is 19.7 Å². The molecule has 0 atom stereocenters. The van der Waals surface area contributed by atoms with Crippen molar-refractivity contribution in [1.82, 2.24) is 14.9 Å². The zero-order valence-corrected chi connectivity index (χ0v) is 9.23. The van der Waals surface area contributed by atoms with Crippen LogP contribution in [0.2, 0.25) is 0 Å². The fourth-order valence-corrected chi connectivity index (χ4v) is 1.38. The molecule has 1 N–H and O–H groups in total. The summed E-state index contributed by atoms with van der Waals surface area (Å²) in [5, 5.41) is 26.3. The summed E-state index contributed by atoms with van der Waals surface area (Å²) in [5.41, 5.74) is 0.347. The van der Waals surface area contributed by atoms with Crippen molar-refractivity contribution in [2.75, 3.05) is 0 Å². The van der Waals surface area contributed by atoms with Gasteiger partial charge in [0.15, 0.2) is 11.5 Å². The van der Waals surface area contributed by atoms with Crippen LogP contribution in [0.15, 0.2) is 16.7 Å². The zero-order chi connectivity index (χ0) is 13.3. The number of nitro groups is 1. The Kier molecular flexibility index (Phi) is 2.80. The SMILES string of the molecule is Cc1cc([N+](=O)[O-])nn1Cc1cc(C(=O)O)no1. The number of aromatic carboxylic acids is 1. The first-order chi connectivity index (χ1) is 8.47. The first-order valence-corrected chi connectivity index (χ1v) is 4.85. The molecule has 2 rings (SSSR count). The number of carbonyl (C=O) groups is 1. The summed E-state index contributed by atoms with van der Waals surface area (Å²) in [5.74, 6) is -1.22. The summed E-state index contributed by atoms with van der Waals surface area (Å²) in [6, 6.07) is 2.56. The van der Waals surface area contributed by atoms with Crippen LogP contribution in [0.5, 0.6) is 0 Å². The van der Waals surface area contributed by atoms with Crippen LogP contribution in [0.4, 0.5) is 5.82 Å². The third kappa shape index (κ3) is 2.19. The average Bonchev–Trinajstić information content (AvgIpc) is 2.87. The molecule has 0 aliphatic heterocycles. The van der Waals surface area contributed by atoms with Gasteiger partial charge in [-0.2, -0.15) is 4.68 Å². The second-order valence-electron chi connectivity index (χ2n) is 3.54. The monoisotopic (exact) mass is 252 g/mol. The van der Waals surface area contributed by atoms with Crippen molar-refractivity contribution in [2.45, 2.75) is 13.5 Å². The molecule has 0 bridgehead atoms. The van der Waals surface area contributed by atoms with E-state index in [2.05, 4.69) is 10.3 Å². The van der Waals surface area contributed by atoms with Gasteiger partial charge in [0.2, 0.25) is 0 Å². The number of nitrogens with zero attached hydrogens (tertiary/aromatic N) is 4. The Bertz CT molecular complexity index is 614. The molecule has 0 saturated carbocycles. The van der Waals surface area contributed by atoms with Crippen molar-refractivity contribution in [3.63, 3.8) is 0 Å². The molecule has 0 radical (unpaired) electrons. The maximum Gasteiger partial charge on any atom is 0.390 e. The van der Waals surface area contributed by atoms with E-state index in [4.69, 9.17) is 9.63 Å². The van der Waals surface area contributed by atoms with E-state index in [0.29, 0.717) is 5.69 Å². The molecule has 94 valence electrons. The van der Waals surface area contributed by atoms with Crippen LogP contribution in [0, 0.1) is 17.0 Å². The van der Waals surface area contributed by atoms with E-state index < -0.39 is 10.9 Å². The van der Waals surface area contributed by atoms with Gasteiger partial charge >= 0.3 is 11.8 Å². The van der Waals surface area contributed by atoms with Crippen molar-refractivity contribution < 1.29 is 19.3 Å². The molecular formula is C9H8N4O5. The molecule has 2 heterocycles. The van der Waals surface area contributed by atoms with E-state index in [9.17, 15) is 14.9 Å². The fourth-order valence-electron chi connectivity index (χ4n) is 1.38. The van der Waals surface area contributed by atoms with Gasteiger partial charge in [-0.15, -0.1) is 0 Å². The highest BCUT2D eigenvalue weighted by Gasteiger charge is 2.18. The predicted molar refractivity (Wildman–Crippen MR) is 56.2 cm³/mol. The molecule has 18 heavy (non-hydrogen) atoms. The molecular weight excluding hydrogens is 244 g/mol. The van der Waals surface area contributed by atoms with Crippen LogP contribution in [-0.2, 0) is 6.54 Å². The Morgan fingerprint density at radius 3 is 2.83 bits per heavy atom. The molecule has 0 unspecified atom stereocenters. The Hall–Kier alpha value is -2.71. The van der Waals surface area contributed by atoms with Gasteiger partial charge in [0.05, 0.1) is 16.9 Å². The van der Waals surface area contributed by atoms with E-state index >= 15 is 0 Å². The van der Waals surface area contributed by atoms with Crippen LogP contribution >= 0.6 is 0 Å². The normalized spacial score (nSPS) is 10.5. The fraction of sp³-hybridized carbons (Fsp3) is 0.222. The summed E-state index contributed by atoms with van der Waals surface area (Å²) in [7, 11) is 0. The van der Waals surface area contributed by atoms with Crippen LogP contribution < -0.4 is 0 Å². The minimum absolute atomic E-state index is 0.0833. The molecule has 0 aromatic carbocycles. The van der Waals surface area contributed by atoms with Crippen molar-refractivity contribution in [3.8, 4) is 0 Å². The highest BCUT2D eigenvalue weighted by molar-refractivity contribution is 5.85. The molecule has 0 fully saturated rings. The molecule has 0 aliphatic rings. The number of hydrogen-bond donors (Lipinski definition) is 1. The predicted octanol–water partition coefficient (Wildman–Crippen LogP) is 0.834. The number of carboxylic acids is 1. The van der Waals surface area contributed by atoms with Crippen LogP contribution in [-0.4, -0.2) is 30.9 Å². The third-order valence-electron chi connectivity index (χ3n) is 2.24. The summed E-state index contributed by atoms with van der Waals surface area (Å²) >= 11 is 0. The van der Waals surface area contributed by atoms with Gasteiger partial charge in [-0.05, 0) is 11.8 Å². The highest BCUT2D eigenvalue weighted by atomic mass is 16.6. The third-order valence-corrected chi connectivity index (χ3v) is 2.24. The van der Waals surface area contributed by atoms with Crippen LogP contribution in [0.1, 0.15) is 21.9 Å². The van der Waals surface area contributed by atoms with E-state index in [1.807, 2.05) is 0 Å². The number of hydrogen-bond acceptors (Lipinski definition) is 6. The highest BCUT2D eigenvalue weighted by Crippen LogP contribution is 2.13. The van der Waals surface area contributed by atoms with Crippen LogP contribution in [0.3, 0.4) is 0 Å². The Balaban J connectivity index is 2.22. The number of carboxylic acid groups (broad SMARTS) is 1. The van der Waals surface area contributed by atoms with Crippen molar-refractivity contribution in [3.05, 3.63) is 39.4 Å². The van der Waals surface area contributed by atoms with Gasteiger partial charge in [-0.25, -0.2) is 4.79 Å². The summed E-state index contributed by atoms with van der Waals surface area (Å²) in [6.45, 7) is 1.73. The van der Waals surface area contributed by atoms with E-state index in [1.165, 1.54) is 16.8 Å². The van der Waals surface area contributed by atoms with Gasteiger partial charge in [-0.3, -0.25) is 0 Å². The van der Waals surface area contributed by atoms with Crippen molar-refractivity contribution in [2.24, 2.45) is 0 Å².